The lowest BCUT2D eigenvalue weighted by Gasteiger charge is -2.08. The van der Waals surface area contributed by atoms with Gasteiger partial charge in [-0.3, -0.25) is 10.1 Å². The molecule has 5 nitrogen and oxygen atoms in total. The molecule has 0 bridgehead atoms. The summed E-state index contributed by atoms with van der Waals surface area (Å²) in [6.45, 7) is 2.36. The molecule has 2 aromatic carbocycles. The van der Waals surface area contributed by atoms with Crippen molar-refractivity contribution >= 4 is 34.0 Å². The Hall–Kier alpha value is -2.57. The quantitative estimate of drug-likeness (QED) is 0.626. The van der Waals surface area contributed by atoms with Crippen molar-refractivity contribution in [1.29, 1.82) is 0 Å². The third-order valence-corrected chi connectivity index (χ3v) is 4.48. The number of nitrogens with zero attached hydrogens (tertiary/aromatic N) is 1. The molecular weight excluding hydrogens is 372 g/mol. The lowest BCUT2D eigenvalue weighted by molar-refractivity contribution is -0.118. The van der Waals surface area contributed by atoms with Crippen molar-refractivity contribution in [2.75, 3.05) is 18.5 Å². The number of para-hydroxylation sites is 2. The van der Waals surface area contributed by atoms with E-state index in [1.54, 1.807) is 24.3 Å². The summed E-state index contributed by atoms with van der Waals surface area (Å²) in [6, 6.07) is 14.7. The van der Waals surface area contributed by atoms with Crippen molar-refractivity contribution in [3.63, 3.8) is 0 Å². The number of hydrogen-bond acceptors (Lipinski definition) is 5. The Bertz CT molecular complexity index is 898. The van der Waals surface area contributed by atoms with Crippen LogP contribution in [0.25, 0.3) is 11.3 Å². The van der Waals surface area contributed by atoms with Gasteiger partial charge >= 0.3 is 0 Å². The fourth-order valence-electron chi connectivity index (χ4n) is 2.27. The first-order valence-electron chi connectivity index (χ1n) is 8.02. The Morgan fingerprint density at radius 1 is 1.12 bits per heavy atom. The zero-order chi connectivity index (χ0) is 18.4. The minimum Gasteiger partial charge on any atom is -0.493 e. The molecule has 1 heterocycles. The van der Waals surface area contributed by atoms with Gasteiger partial charge in [-0.1, -0.05) is 35.9 Å². The highest BCUT2D eigenvalue weighted by Crippen LogP contribution is 2.32. The van der Waals surface area contributed by atoms with Gasteiger partial charge in [-0.2, -0.15) is 0 Å². The number of rotatable bonds is 7. The maximum atomic E-state index is 12.1. The van der Waals surface area contributed by atoms with E-state index in [2.05, 4.69) is 10.3 Å². The van der Waals surface area contributed by atoms with Crippen LogP contribution in [0.15, 0.2) is 53.9 Å². The number of halogens is 1. The van der Waals surface area contributed by atoms with Gasteiger partial charge in [-0.05, 0) is 31.2 Å². The number of thiazole rings is 1. The average Bonchev–Trinajstić information content (AvgIpc) is 3.10. The molecule has 0 unspecified atom stereocenters. The number of benzene rings is 2. The summed E-state index contributed by atoms with van der Waals surface area (Å²) in [4.78, 5) is 16.5. The number of amides is 1. The predicted octanol–water partition coefficient (Wildman–Crippen LogP) is 4.88. The van der Waals surface area contributed by atoms with Crippen LogP contribution in [0, 0.1) is 0 Å². The van der Waals surface area contributed by atoms with Crippen molar-refractivity contribution in [3.8, 4) is 22.8 Å². The highest BCUT2D eigenvalue weighted by atomic mass is 35.5. The molecule has 3 rings (SSSR count). The van der Waals surface area contributed by atoms with Gasteiger partial charge in [0.1, 0.15) is 11.5 Å². The lowest BCUT2D eigenvalue weighted by atomic mass is 10.1. The van der Waals surface area contributed by atoms with E-state index in [1.165, 1.54) is 11.3 Å². The number of ether oxygens (including phenoxy) is 2. The maximum absolute atomic E-state index is 12.1. The number of nitrogens with one attached hydrogen (secondary N) is 1. The predicted molar refractivity (Wildman–Crippen MR) is 104 cm³/mol. The first-order valence-corrected chi connectivity index (χ1v) is 9.28. The smallest absolute Gasteiger partial charge is 0.264 e. The van der Waals surface area contributed by atoms with Gasteiger partial charge in [0.05, 0.1) is 17.3 Å². The second-order valence-electron chi connectivity index (χ2n) is 5.23. The molecule has 1 N–H and O–H groups in total. The van der Waals surface area contributed by atoms with E-state index >= 15 is 0 Å². The van der Waals surface area contributed by atoms with Crippen molar-refractivity contribution < 1.29 is 14.3 Å². The van der Waals surface area contributed by atoms with Gasteiger partial charge in [-0.15, -0.1) is 11.3 Å². The van der Waals surface area contributed by atoms with Crippen molar-refractivity contribution in [2.45, 2.75) is 6.92 Å². The molecule has 134 valence electrons. The fourth-order valence-corrected chi connectivity index (χ4v) is 3.19. The summed E-state index contributed by atoms with van der Waals surface area (Å²) in [6.07, 6.45) is 0. The van der Waals surface area contributed by atoms with Crippen LogP contribution >= 0.6 is 22.9 Å². The molecule has 0 radical (unpaired) electrons. The molecular formula is C19H17ClN2O3S. The molecule has 0 atom stereocenters. The van der Waals surface area contributed by atoms with E-state index in [0.29, 0.717) is 22.5 Å². The van der Waals surface area contributed by atoms with E-state index < -0.39 is 0 Å². The topological polar surface area (TPSA) is 60.5 Å². The number of carbonyl (C=O) groups excluding carboxylic acids is 1. The molecule has 0 aliphatic heterocycles. The Morgan fingerprint density at radius 3 is 2.62 bits per heavy atom. The Morgan fingerprint density at radius 2 is 1.85 bits per heavy atom. The van der Waals surface area contributed by atoms with Gasteiger partial charge in [0, 0.05) is 10.9 Å². The Kier molecular flexibility index (Phi) is 6.09. The van der Waals surface area contributed by atoms with Crippen molar-refractivity contribution in [2.24, 2.45) is 0 Å². The Labute approximate surface area is 160 Å². The molecule has 1 amide bonds. The molecule has 3 aromatic rings. The molecule has 0 aliphatic rings. The molecule has 1 aromatic heterocycles. The van der Waals surface area contributed by atoms with E-state index in [9.17, 15) is 4.79 Å². The number of anilines is 1. The summed E-state index contributed by atoms with van der Waals surface area (Å²) in [5, 5.41) is 5.57. The summed E-state index contributed by atoms with van der Waals surface area (Å²) in [5.41, 5.74) is 1.64. The normalized spacial score (nSPS) is 10.4. The van der Waals surface area contributed by atoms with Crippen LogP contribution in [0.5, 0.6) is 11.5 Å². The molecule has 7 heteroatoms. The van der Waals surface area contributed by atoms with Crippen LogP contribution in [-0.2, 0) is 4.79 Å². The molecule has 0 saturated heterocycles. The number of hydrogen-bond donors (Lipinski definition) is 1. The molecule has 0 spiro atoms. The first kappa shape index (κ1) is 18.2. The second kappa shape index (κ2) is 8.69. The lowest BCUT2D eigenvalue weighted by Crippen LogP contribution is -2.20. The van der Waals surface area contributed by atoms with Gasteiger partial charge < -0.3 is 9.47 Å². The van der Waals surface area contributed by atoms with E-state index in [4.69, 9.17) is 21.1 Å². The highest BCUT2D eigenvalue weighted by molar-refractivity contribution is 7.14. The molecule has 26 heavy (non-hydrogen) atoms. The van der Waals surface area contributed by atoms with E-state index in [-0.39, 0.29) is 12.5 Å². The zero-order valence-corrected chi connectivity index (χ0v) is 15.6. The maximum Gasteiger partial charge on any atom is 0.264 e. The van der Waals surface area contributed by atoms with Crippen LogP contribution in [0.2, 0.25) is 5.02 Å². The second-order valence-corrected chi connectivity index (χ2v) is 6.50. The van der Waals surface area contributed by atoms with Gasteiger partial charge in [0.15, 0.2) is 11.7 Å². The van der Waals surface area contributed by atoms with Crippen LogP contribution in [0.4, 0.5) is 5.13 Å². The van der Waals surface area contributed by atoms with Crippen LogP contribution in [-0.4, -0.2) is 24.1 Å². The van der Waals surface area contributed by atoms with Crippen LogP contribution < -0.4 is 14.8 Å². The fraction of sp³-hybridized carbons (Fsp3) is 0.158. The minimum absolute atomic E-state index is 0.145. The Balaban J connectivity index is 1.63. The number of carbonyl (C=O) groups is 1. The molecule has 0 aliphatic carbocycles. The van der Waals surface area contributed by atoms with Gasteiger partial charge in [0.2, 0.25) is 0 Å². The monoisotopic (exact) mass is 388 g/mol. The third kappa shape index (κ3) is 4.53. The van der Waals surface area contributed by atoms with Crippen LogP contribution in [0.1, 0.15) is 6.92 Å². The zero-order valence-electron chi connectivity index (χ0n) is 14.1. The van der Waals surface area contributed by atoms with E-state index in [1.807, 2.05) is 36.6 Å². The average molecular weight is 389 g/mol. The number of aromatic nitrogens is 1. The summed E-state index contributed by atoms with van der Waals surface area (Å²) in [7, 11) is 0. The SMILES string of the molecule is CCOc1ccccc1-c1csc(NC(=O)COc2ccccc2Cl)n1. The van der Waals surface area contributed by atoms with Crippen molar-refractivity contribution in [3.05, 3.63) is 58.9 Å². The third-order valence-electron chi connectivity index (χ3n) is 3.41. The van der Waals surface area contributed by atoms with Gasteiger partial charge in [0.25, 0.3) is 5.91 Å². The largest absolute Gasteiger partial charge is 0.493 e. The summed E-state index contributed by atoms with van der Waals surface area (Å²) >= 11 is 7.34. The summed E-state index contributed by atoms with van der Waals surface area (Å²) < 4.78 is 11.1. The molecule has 0 fully saturated rings. The minimum atomic E-state index is -0.302. The molecule has 0 saturated carbocycles. The summed E-state index contributed by atoms with van der Waals surface area (Å²) in [5.74, 6) is 0.930. The first-order chi connectivity index (χ1) is 12.7. The van der Waals surface area contributed by atoms with Crippen molar-refractivity contribution in [1.82, 2.24) is 4.98 Å². The van der Waals surface area contributed by atoms with Crippen LogP contribution in [0.3, 0.4) is 0 Å². The standard InChI is InChI=1S/C19H17ClN2O3S/c1-2-24-16-9-5-3-7-13(16)15-12-26-19(21-15)22-18(23)11-25-17-10-6-4-8-14(17)20/h3-10,12H,2,11H2,1H3,(H,21,22,23). The highest BCUT2D eigenvalue weighted by Gasteiger charge is 2.12. The van der Waals surface area contributed by atoms with E-state index in [0.717, 1.165) is 17.0 Å². The van der Waals surface area contributed by atoms with Gasteiger partial charge in [-0.25, -0.2) is 4.98 Å².